The zero-order chi connectivity index (χ0) is 27.1. The van der Waals surface area contributed by atoms with E-state index >= 15 is 0 Å². The smallest absolute Gasteiger partial charge is 0.317 e. The number of amides is 4. The second kappa shape index (κ2) is 12.6. The van der Waals surface area contributed by atoms with Gasteiger partial charge in [0.25, 0.3) is 0 Å². The largest absolute Gasteiger partial charge is 0.508 e. The first-order valence-electron chi connectivity index (χ1n) is 13.5. The Morgan fingerprint density at radius 3 is 1.50 bits per heavy atom. The third-order valence-electron chi connectivity index (χ3n) is 7.43. The quantitative estimate of drug-likeness (QED) is 0.266. The van der Waals surface area contributed by atoms with Crippen molar-refractivity contribution in [2.75, 3.05) is 26.2 Å². The van der Waals surface area contributed by atoms with E-state index in [1.165, 1.54) is 24.3 Å². The molecule has 6 N–H and O–H groups in total. The van der Waals surface area contributed by atoms with Gasteiger partial charge >= 0.3 is 12.1 Å². The Morgan fingerprint density at radius 2 is 1.11 bits per heavy atom. The molecule has 0 saturated carbocycles. The van der Waals surface area contributed by atoms with Gasteiger partial charge in [-0.2, -0.15) is 0 Å². The molecule has 2 fully saturated rings. The molecule has 2 saturated heterocycles. The molecule has 2 atom stereocenters. The molecule has 4 amide bonds. The van der Waals surface area contributed by atoms with Crippen molar-refractivity contribution < 1.29 is 30.0 Å². The first-order chi connectivity index (χ1) is 18.3. The summed E-state index contributed by atoms with van der Waals surface area (Å²) in [6.07, 6.45) is 6.76. The summed E-state index contributed by atoms with van der Waals surface area (Å²) in [5.74, 6) is -0.00932. The van der Waals surface area contributed by atoms with Gasteiger partial charge in [-0.05, 0) is 62.8 Å². The maximum absolute atomic E-state index is 12.7. The van der Waals surface area contributed by atoms with Crippen LogP contribution in [0.4, 0.5) is 9.59 Å². The van der Waals surface area contributed by atoms with Crippen molar-refractivity contribution in [2.24, 2.45) is 0 Å². The Balaban J connectivity index is 1.11. The van der Waals surface area contributed by atoms with Crippen LogP contribution in [0.1, 0.15) is 74.6 Å². The van der Waals surface area contributed by atoms with E-state index in [0.29, 0.717) is 37.3 Å². The molecule has 4 rings (SSSR count). The fourth-order valence-corrected chi connectivity index (χ4v) is 5.49. The molecule has 2 aromatic rings. The standard InChI is InChI=1S/C28H38N4O6/c33-19-9-11-21(25(35)17-19)23-7-5-15-31(23)27(37)29-13-3-1-2-4-14-30-28(38)32-16-6-8-24(32)22-12-10-20(34)18-26(22)36/h9-12,17-18,23-24,33-36H,1-8,13-16H2,(H,29,37)(H,30,38). The molecule has 2 aliphatic rings. The van der Waals surface area contributed by atoms with Crippen LogP contribution in [0.3, 0.4) is 0 Å². The number of phenolic OH excluding ortho intramolecular Hbond substituents is 4. The number of carbonyl (C=O) groups excluding carboxylic acids is 2. The lowest BCUT2D eigenvalue weighted by Gasteiger charge is -2.26. The fraction of sp³-hybridized carbons (Fsp3) is 0.500. The van der Waals surface area contributed by atoms with Crippen LogP contribution in [0.25, 0.3) is 0 Å². The predicted molar refractivity (Wildman–Crippen MR) is 142 cm³/mol. The number of hydrogen-bond acceptors (Lipinski definition) is 6. The van der Waals surface area contributed by atoms with Crippen LogP contribution in [0, 0.1) is 0 Å². The molecule has 0 radical (unpaired) electrons. The van der Waals surface area contributed by atoms with Crippen molar-refractivity contribution in [3.05, 3.63) is 47.5 Å². The van der Waals surface area contributed by atoms with Crippen molar-refractivity contribution >= 4 is 12.1 Å². The Morgan fingerprint density at radius 1 is 0.684 bits per heavy atom. The van der Waals surface area contributed by atoms with E-state index in [1.807, 2.05) is 0 Å². The molecular weight excluding hydrogens is 488 g/mol. The minimum Gasteiger partial charge on any atom is -0.508 e. The minimum absolute atomic E-state index is 0.000503. The Kier molecular flexibility index (Phi) is 9.04. The Bertz CT molecular complexity index is 1040. The number of nitrogens with zero attached hydrogens (tertiary/aromatic N) is 2. The van der Waals surface area contributed by atoms with Gasteiger partial charge < -0.3 is 40.9 Å². The summed E-state index contributed by atoms with van der Waals surface area (Å²) in [6.45, 7) is 2.37. The third-order valence-corrected chi connectivity index (χ3v) is 7.43. The van der Waals surface area contributed by atoms with Gasteiger partial charge in [0.15, 0.2) is 0 Å². The van der Waals surface area contributed by atoms with E-state index in [1.54, 1.807) is 21.9 Å². The highest BCUT2D eigenvalue weighted by Crippen LogP contribution is 2.39. The van der Waals surface area contributed by atoms with E-state index < -0.39 is 0 Å². The molecule has 2 aromatic carbocycles. The topological polar surface area (TPSA) is 146 Å². The number of hydrogen-bond donors (Lipinski definition) is 6. The minimum atomic E-state index is -0.201. The molecule has 10 heteroatoms. The molecule has 2 unspecified atom stereocenters. The Labute approximate surface area is 222 Å². The molecule has 206 valence electrons. The summed E-state index contributed by atoms with van der Waals surface area (Å²) >= 11 is 0. The van der Waals surface area contributed by atoms with Crippen LogP contribution >= 0.6 is 0 Å². The van der Waals surface area contributed by atoms with Gasteiger partial charge in [-0.3, -0.25) is 0 Å². The second-order valence-electron chi connectivity index (χ2n) is 10.1. The molecule has 38 heavy (non-hydrogen) atoms. The lowest BCUT2D eigenvalue weighted by atomic mass is 10.0. The summed E-state index contributed by atoms with van der Waals surface area (Å²) in [5.41, 5.74) is 1.30. The highest BCUT2D eigenvalue weighted by molar-refractivity contribution is 5.75. The maximum atomic E-state index is 12.7. The monoisotopic (exact) mass is 526 g/mol. The highest BCUT2D eigenvalue weighted by Gasteiger charge is 2.32. The lowest BCUT2D eigenvalue weighted by Crippen LogP contribution is -2.40. The van der Waals surface area contributed by atoms with E-state index in [4.69, 9.17) is 0 Å². The number of likely N-dealkylation sites (tertiary alicyclic amines) is 2. The van der Waals surface area contributed by atoms with Crippen LogP contribution in [0.15, 0.2) is 36.4 Å². The van der Waals surface area contributed by atoms with E-state index in [9.17, 15) is 30.0 Å². The number of unbranched alkanes of at least 4 members (excludes halogenated alkanes) is 3. The van der Waals surface area contributed by atoms with Crippen molar-refractivity contribution in [1.82, 2.24) is 20.4 Å². The summed E-state index contributed by atoms with van der Waals surface area (Å²) in [6, 6.07) is 8.29. The average molecular weight is 527 g/mol. The average Bonchev–Trinajstić information content (AvgIpc) is 3.56. The normalized spacial score (nSPS) is 19.1. The number of phenols is 4. The van der Waals surface area contributed by atoms with Gasteiger partial charge in [0, 0.05) is 49.4 Å². The highest BCUT2D eigenvalue weighted by atomic mass is 16.3. The van der Waals surface area contributed by atoms with Gasteiger partial charge in [-0.1, -0.05) is 12.8 Å². The SMILES string of the molecule is O=C(NCCCCCCNC(=O)N1CCCC1c1ccc(O)cc1O)N1CCCC1c1ccc(O)cc1O. The van der Waals surface area contributed by atoms with Crippen molar-refractivity contribution in [1.29, 1.82) is 0 Å². The van der Waals surface area contributed by atoms with E-state index in [2.05, 4.69) is 10.6 Å². The van der Waals surface area contributed by atoms with Crippen molar-refractivity contribution in [2.45, 2.75) is 63.5 Å². The van der Waals surface area contributed by atoms with Gasteiger partial charge in [0.05, 0.1) is 12.1 Å². The third kappa shape index (κ3) is 6.54. The summed E-state index contributed by atoms with van der Waals surface area (Å²) in [5, 5.41) is 45.4. The zero-order valence-corrected chi connectivity index (χ0v) is 21.6. The Hall–Kier alpha value is -3.82. The summed E-state index contributed by atoms with van der Waals surface area (Å²) < 4.78 is 0. The van der Waals surface area contributed by atoms with E-state index in [-0.39, 0.29) is 47.1 Å². The fourth-order valence-electron chi connectivity index (χ4n) is 5.49. The van der Waals surface area contributed by atoms with Crippen molar-refractivity contribution in [3.8, 4) is 23.0 Å². The van der Waals surface area contributed by atoms with Crippen LogP contribution < -0.4 is 10.6 Å². The van der Waals surface area contributed by atoms with Gasteiger partial charge in [-0.15, -0.1) is 0 Å². The van der Waals surface area contributed by atoms with Gasteiger partial charge in [-0.25, -0.2) is 9.59 Å². The van der Waals surface area contributed by atoms with Crippen LogP contribution in [0.2, 0.25) is 0 Å². The summed E-state index contributed by atoms with van der Waals surface area (Å²) in [4.78, 5) is 28.9. The molecule has 2 aliphatic heterocycles. The number of benzene rings is 2. The van der Waals surface area contributed by atoms with Gasteiger partial charge in [0.2, 0.25) is 0 Å². The second-order valence-corrected chi connectivity index (χ2v) is 10.1. The first kappa shape index (κ1) is 27.2. The van der Waals surface area contributed by atoms with Crippen molar-refractivity contribution in [3.63, 3.8) is 0 Å². The molecular formula is C28H38N4O6. The van der Waals surface area contributed by atoms with Gasteiger partial charge in [0.1, 0.15) is 23.0 Å². The maximum Gasteiger partial charge on any atom is 0.317 e. The predicted octanol–water partition coefficient (Wildman–Crippen LogP) is 4.46. The number of urea groups is 2. The van der Waals surface area contributed by atoms with Crippen LogP contribution in [-0.4, -0.2) is 68.5 Å². The first-order valence-corrected chi connectivity index (χ1v) is 13.5. The summed E-state index contributed by atoms with van der Waals surface area (Å²) in [7, 11) is 0. The molecule has 0 aromatic heterocycles. The molecule has 0 spiro atoms. The van der Waals surface area contributed by atoms with E-state index in [0.717, 1.165) is 51.4 Å². The molecule has 2 heterocycles. The molecule has 0 bridgehead atoms. The molecule has 10 nitrogen and oxygen atoms in total. The number of rotatable bonds is 9. The molecule has 0 aliphatic carbocycles. The number of carbonyl (C=O) groups is 2. The van der Waals surface area contributed by atoms with Crippen LogP contribution in [0.5, 0.6) is 23.0 Å². The number of nitrogens with one attached hydrogen (secondary N) is 2. The van der Waals surface area contributed by atoms with Crippen LogP contribution in [-0.2, 0) is 0 Å². The number of aromatic hydroxyl groups is 4. The zero-order valence-electron chi connectivity index (χ0n) is 21.6. The lowest BCUT2D eigenvalue weighted by molar-refractivity contribution is 0.191.